The van der Waals surface area contributed by atoms with Crippen molar-refractivity contribution in [3.63, 3.8) is 0 Å². The molecule has 0 aliphatic rings. The molecule has 0 bridgehead atoms. The van der Waals surface area contributed by atoms with Crippen molar-refractivity contribution in [3.05, 3.63) is 0 Å². The van der Waals surface area contributed by atoms with Gasteiger partial charge in [-0.3, -0.25) is 4.79 Å². The number of Topliss-reactive ketones (excluding diaryl/α,β-unsaturated/α-hetero) is 1. The molecule has 8 heteroatoms. The zero-order valence-electron chi connectivity index (χ0n) is 5.13. The van der Waals surface area contributed by atoms with E-state index in [0.29, 0.717) is 0 Å². The lowest BCUT2D eigenvalue weighted by molar-refractivity contribution is -0.117. The van der Waals surface area contributed by atoms with Gasteiger partial charge in [0.05, 0.1) is 0 Å². The van der Waals surface area contributed by atoms with Gasteiger partial charge in [-0.1, -0.05) is 69.6 Å². The quantitative estimate of drug-likeness (QED) is 0.671. The minimum absolute atomic E-state index is 0.978. The fourth-order valence-electron chi connectivity index (χ4n) is 0.292. The van der Waals surface area contributed by atoms with Gasteiger partial charge in [0.2, 0.25) is 13.4 Å². The van der Waals surface area contributed by atoms with Crippen molar-refractivity contribution in [2.75, 3.05) is 0 Å². The maximum Gasteiger partial charge on any atom is 0.250 e. The SMILES string of the molecule is O=C(C(Cl)C(Cl)(Cl)Cl)C(Cl)(Cl)Cl. The standard InChI is InChI=1S/C4HCl7O/c5-1(3(6,7)8)2(12)4(9,10)11/h1H. The van der Waals surface area contributed by atoms with Gasteiger partial charge in [0.1, 0.15) is 5.38 Å². The number of hydrogen-bond acceptors (Lipinski definition) is 1. The molecule has 0 spiro atoms. The molecule has 0 aliphatic carbocycles. The van der Waals surface area contributed by atoms with E-state index < -0.39 is 18.7 Å². The van der Waals surface area contributed by atoms with Crippen LogP contribution in [0.25, 0.3) is 0 Å². The molecule has 0 rings (SSSR count). The minimum atomic E-state index is -2.17. The highest BCUT2D eigenvalue weighted by atomic mass is 35.6. The van der Waals surface area contributed by atoms with E-state index in [2.05, 4.69) is 0 Å². The second-order valence-corrected chi connectivity index (χ2v) is 6.85. The average molecular weight is 313 g/mol. The molecule has 1 unspecified atom stereocenters. The van der Waals surface area contributed by atoms with Crippen LogP contribution in [-0.2, 0) is 4.79 Å². The number of alkyl halides is 7. The summed E-state index contributed by atoms with van der Waals surface area (Å²) in [5.41, 5.74) is 0. The summed E-state index contributed by atoms with van der Waals surface area (Å²) in [5, 5.41) is -1.49. The Bertz CT molecular complexity index is 177. The first-order valence-electron chi connectivity index (χ1n) is 2.38. The first kappa shape index (κ1) is 13.7. The van der Waals surface area contributed by atoms with Crippen molar-refractivity contribution < 1.29 is 4.79 Å². The van der Waals surface area contributed by atoms with E-state index in [0.717, 1.165) is 0 Å². The Labute approximate surface area is 104 Å². The second kappa shape index (κ2) is 4.48. The molecule has 0 amide bonds. The van der Waals surface area contributed by atoms with Crippen LogP contribution in [0.3, 0.4) is 0 Å². The number of ketones is 1. The lowest BCUT2D eigenvalue weighted by Crippen LogP contribution is -2.36. The van der Waals surface area contributed by atoms with Gasteiger partial charge >= 0.3 is 0 Å². The third-order valence-electron chi connectivity index (χ3n) is 0.797. The zero-order valence-corrected chi connectivity index (χ0v) is 10.4. The van der Waals surface area contributed by atoms with E-state index in [-0.39, 0.29) is 0 Å². The van der Waals surface area contributed by atoms with E-state index in [4.69, 9.17) is 81.2 Å². The molecule has 0 heterocycles. The lowest BCUT2D eigenvalue weighted by Gasteiger charge is -2.20. The minimum Gasteiger partial charge on any atom is -0.293 e. The smallest absolute Gasteiger partial charge is 0.250 e. The Morgan fingerprint density at radius 1 is 1.00 bits per heavy atom. The topological polar surface area (TPSA) is 17.1 Å². The number of carbonyl (C=O) groups excluding carboxylic acids is 1. The maximum absolute atomic E-state index is 11.0. The van der Waals surface area contributed by atoms with Crippen LogP contribution < -0.4 is 0 Å². The third kappa shape index (κ3) is 4.28. The molecule has 0 aliphatic heterocycles. The average Bonchev–Trinajstić information content (AvgIpc) is 1.80. The Morgan fingerprint density at radius 2 is 1.33 bits per heavy atom. The van der Waals surface area contributed by atoms with Gasteiger partial charge in [-0.2, -0.15) is 0 Å². The van der Waals surface area contributed by atoms with E-state index in [9.17, 15) is 4.79 Å². The summed E-state index contributed by atoms with van der Waals surface area (Å²) in [4.78, 5) is 11.0. The summed E-state index contributed by atoms with van der Waals surface area (Å²) in [6.07, 6.45) is 0. The molecule has 0 aromatic rings. The number of carbonyl (C=O) groups is 1. The van der Waals surface area contributed by atoms with Crippen molar-refractivity contribution in [1.82, 2.24) is 0 Å². The molecule has 0 aromatic heterocycles. The summed E-state index contributed by atoms with van der Waals surface area (Å²) in [5.74, 6) is -0.978. The van der Waals surface area contributed by atoms with Crippen LogP contribution in [0.2, 0.25) is 0 Å². The van der Waals surface area contributed by atoms with E-state index >= 15 is 0 Å². The summed E-state index contributed by atoms with van der Waals surface area (Å²) >= 11 is 36.9. The first-order valence-corrected chi connectivity index (χ1v) is 5.09. The van der Waals surface area contributed by atoms with Crippen LogP contribution in [0.1, 0.15) is 0 Å². The molecule has 72 valence electrons. The zero-order chi connectivity index (χ0) is 10.2. The molecular weight excluding hydrogens is 312 g/mol. The van der Waals surface area contributed by atoms with Gasteiger partial charge in [0, 0.05) is 0 Å². The fraction of sp³-hybridized carbons (Fsp3) is 0.750. The van der Waals surface area contributed by atoms with Crippen LogP contribution in [0, 0.1) is 0 Å². The van der Waals surface area contributed by atoms with Crippen molar-refractivity contribution in [1.29, 1.82) is 0 Å². The van der Waals surface area contributed by atoms with Crippen LogP contribution in [0.4, 0.5) is 0 Å². The summed E-state index contributed by atoms with van der Waals surface area (Å²) in [7, 11) is 0. The number of halogens is 7. The normalized spacial score (nSPS) is 15.9. The van der Waals surface area contributed by atoms with Crippen LogP contribution in [0.15, 0.2) is 0 Å². The highest BCUT2D eigenvalue weighted by molar-refractivity contribution is 6.80. The largest absolute Gasteiger partial charge is 0.293 e. The van der Waals surface area contributed by atoms with Crippen molar-refractivity contribution in [3.8, 4) is 0 Å². The summed E-state index contributed by atoms with van der Waals surface area (Å²) in [6, 6.07) is 0. The predicted octanol–water partition coefficient (Wildman–Crippen LogP) is 3.90. The van der Waals surface area contributed by atoms with E-state index in [1.807, 2.05) is 0 Å². The van der Waals surface area contributed by atoms with Crippen LogP contribution in [0.5, 0.6) is 0 Å². The van der Waals surface area contributed by atoms with Gasteiger partial charge in [-0.15, -0.1) is 11.6 Å². The molecule has 0 saturated carbocycles. The monoisotopic (exact) mass is 310 g/mol. The van der Waals surface area contributed by atoms with Gasteiger partial charge in [0.15, 0.2) is 0 Å². The number of hydrogen-bond donors (Lipinski definition) is 0. The molecule has 0 saturated heterocycles. The Balaban J connectivity index is 4.53. The maximum atomic E-state index is 11.0. The van der Waals surface area contributed by atoms with Crippen LogP contribution >= 0.6 is 81.2 Å². The van der Waals surface area contributed by atoms with Gasteiger partial charge in [0.25, 0.3) is 0 Å². The molecule has 0 aromatic carbocycles. The summed E-state index contributed by atoms with van der Waals surface area (Å²) < 4.78 is -4.15. The van der Waals surface area contributed by atoms with Crippen molar-refractivity contribution >= 4 is 87.0 Å². The molecule has 12 heavy (non-hydrogen) atoms. The van der Waals surface area contributed by atoms with Gasteiger partial charge < -0.3 is 0 Å². The number of rotatable bonds is 1. The van der Waals surface area contributed by atoms with Gasteiger partial charge in [-0.05, 0) is 0 Å². The fourth-order valence-corrected chi connectivity index (χ4v) is 1.25. The van der Waals surface area contributed by atoms with Crippen molar-refractivity contribution in [2.24, 2.45) is 0 Å². The molecule has 0 radical (unpaired) electrons. The van der Waals surface area contributed by atoms with E-state index in [1.165, 1.54) is 0 Å². The molecule has 0 N–H and O–H groups in total. The Hall–Kier alpha value is 1.70. The molecule has 0 fully saturated rings. The Morgan fingerprint density at radius 3 is 1.42 bits per heavy atom. The molecule has 1 nitrogen and oxygen atoms in total. The first-order chi connectivity index (χ1) is 5.07. The van der Waals surface area contributed by atoms with E-state index in [1.54, 1.807) is 0 Å². The van der Waals surface area contributed by atoms with Crippen LogP contribution in [-0.4, -0.2) is 18.7 Å². The molecular formula is C4HCl7O. The van der Waals surface area contributed by atoms with Gasteiger partial charge in [-0.25, -0.2) is 0 Å². The summed E-state index contributed by atoms with van der Waals surface area (Å²) in [6.45, 7) is 0. The second-order valence-electron chi connectivity index (χ2n) is 1.77. The third-order valence-corrected chi connectivity index (χ3v) is 2.87. The molecule has 1 atom stereocenters. The highest BCUT2D eigenvalue weighted by Gasteiger charge is 2.45. The highest BCUT2D eigenvalue weighted by Crippen LogP contribution is 2.40. The van der Waals surface area contributed by atoms with Crippen molar-refractivity contribution in [2.45, 2.75) is 13.0 Å². The predicted molar refractivity (Wildman–Crippen MR) is 55.2 cm³/mol. The lowest BCUT2D eigenvalue weighted by atomic mass is 10.3. The Kier molecular flexibility index (Phi) is 5.11.